The predicted octanol–water partition coefficient (Wildman–Crippen LogP) is 5.18. The molecule has 0 atom stereocenters. The highest BCUT2D eigenvalue weighted by Crippen LogP contribution is 2.42. The molecule has 2 aromatic rings. The lowest BCUT2D eigenvalue weighted by atomic mass is 10.1. The molecule has 0 radical (unpaired) electrons. The fraction of sp³-hybridized carbons (Fsp3) is 0.391. The van der Waals surface area contributed by atoms with Gasteiger partial charge < -0.3 is 14.8 Å². The summed E-state index contributed by atoms with van der Waals surface area (Å²) in [5, 5.41) is 3.65. The quantitative estimate of drug-likeness (QED) is 0.489. The predicted molar refractivity (Wildman–Crippen MR) is 119 cm³/mol. The molecule has 1 N–H and O–H groups in total. The van der Waals surface area contributed by atoms with Gasteiger partial charge in [0.25, 0.3) is 0 Å². The van der Waals surface area contributed by atoms with Crippen LogP contribution in [0.3, 0.4) is 0 Å². The Bertz CT molecular complexity index is 800. The maximum Gasteiger partial charge on any atom is 0.161 e. The van der Waals surface area contributed by atoms with Crippen LogP contribution in [0.4, 0.5) is 0 Å². The van der Waals surface area contributed by atoms with Crippen LogP contribution in [-0.4, -0.2) is 36.7 Å². The summed E-state index contributed by atoms with van der Waals surface area (Å²) in [5.41, 5.74) is 2.68. The number of methoxy groups -OCH3 is 1. The van der Waals surface area contributed by atoms with E-state index in [2.05, 4.69) is 60.7 Å². The Labute approximate surface area is 173 Å². The van der Waals surface area contributed by atoms with Gasteiger partial charge in [-0.2, -0.15) is 0 Å². The second-order valence-corrected chi connectivity index (χ2v) is 8.78. The minimum atomic E-state index is 0.112. The van der Waals surface area contributed by atoms with Crippen molar-refractivity contribution in [1.29, 1.82) is 0 Å². The molecule has 0 amide bonds. The number of hydrogen-bond donors (Lipinski definition) is 1. The first-order chi connectivity index (χ1) is 13.5. The number of ether oxygens (including phenoxy) is 2. The van der Waals surface area contributed by atoms with Crippen LogP contribution in [-0.2, 0) is 0 Å². The molecule has 2 aromatic carbocycles. The van der Waals surface area contributed by atoms with Crippen LogP contribution in [0.15, 0.2) is 60.3 Å². The van der Waals surface area contributed by atoms with E-state index >= 15 is 0 Å². The SMILES string of the molecule is COc1ccccc1OCCCNC1=C(c2ccccc2)SN(C(C)(C)C)C1. The smallest absolute Gasteiger partial charge is 0.161 e. The monoisotopic (exact) mass is 398 g/mol. The summed E-state index contributed by atoms with van der Waals surface area (Å²) in [4.78, 5) is 1.32. The Hall–Kier alpha value is -2.11. The van der Waals surface area contributed by atoms with Gasteiger partial charge in [0.1, 0.15) is 0 Å². The summed E-state index contributed by atoms with van der Waals surface area (Å²) < 4.78 is 13.7. The molecule has 0 aromatic heterocycles. The topological polar surface area (TPSA) is 33.7 Å². The van der Waals surface area contributed by atoms with Crippen LogP contribution in [0.1, 0.15) is 32.8 Å². The number of hydrogen-bond acceptors (Lipinski definition) is 5. The van der Waals surface area contributed by atoms with E-state index in [1.54, 1.807) is 7.11 Å². The van der Waals surface area contributed by atoms with Gasteiger partial charge in [-0.25, -0.2) is 4.31 Å². The van der Waals surface area contributed by atoms with E-state index in [9.17, 15) is 0 Å². The highest BCUT2D eigenvalue weighted by Gasteiger charge is 2.31. The zero-order valence-corrected chi connectivity index (χ0v) is 18.0. The third-order valence-electron chi connectivity index (χ3n) is 4.55. The van der Waals surface area contributed by atoms with Crippen LogP contribution in [0, 0.1) is 0 Å². The molecule has 0 unspecified atom stereocenters. The summed E-state index contributed by atoms with van der Waals surface area (Å²) in [6.07, 6.45) is 0.920. The van der Waals surface area contributed by atoms with Gasteiger partial charge in [-0.1, -0.05) is 42.5 Å². The third-order valence-corrected chi connectivity index (χ3v) is 6.11. The van der Waals surface area contributed by atoms with Crippen LogP contribution in [0.25, 0.3) is 4.91 Å². The largest absolute Gasteiger partial charge is 0.493 e. The van der Waals surface area contributed by atoms with Crippen molar-refractivity contribution in [2.24, 2.45) is 0 Å². The van der Waals surface area contributed by atoms with E-state index in [-0.39, 0.29) is 5.54 Å². The van der Waals surface area contributed by atoms with Crippen molar-refractivity contribution in [2.75, 3.05) is 26.8 Å². The number of para-hydroxylation sites is 2. The molecule has 1 aliphatic rings. The van der Waals surface area contributed by atoms with Crippen LogP contribution in [0.2, 0.25) is 0 Å². The normalized spacial score (nSPS) is 15.0. The van der Waals surface area contributed by atoms with E-state index in [0.29, 0.717) is 6.61 Å². The molecule has 0 saturated heterocycles. The first-order valence-electron chi connectivity index (χ1n) is 9.73. The number of rotatable bonds is 8. The van der Waals surface area contributed by atoms with Crippen molar-refractivity contribution in [3.05, 3.63) is 65.9 Å². The zero-order valence-electron chi connectivity index (χ0n) is 17.2. The number of nitrogens with one attached hydrogen (secondary N) is 1. The van der Waals surface area contributed by atoms with Gasteiger partial charge in [0.05, 0.1) is 25.2 Å². The molecule has 150 valence electrons. The molecular formula is C23H30N2O2S. The van der Waals surface area contributed by atoms with E-state index in [1.807, 2.05) is 36.2 Å². The fourth-order valence-corrected chi connectivity index (χ4v) is 4.15. The molecule has 5 heteroatoms. The lowest BCUT2D eigenvalue weighted by Crippen LogP contribution is -2.36. The van der Waals surface area contributed by atoms with E-state index < -0.39 is 0 Å². The number of nitrogens with zero attached hydrogens (tertiary/aromatic N) is 1. The Morgan fingerprint density at radius 3 is 2.36 bits per heavy atom. The minimum Gasteiger partial charge on any atom is -0.493 e. The van der Waals surface area contributed by atoms with Crippen molar-refractivity contribution < 1.29 is 9.47 Å². The molecule has 0 saturated carbocycles. The van der Waals surface area contributed by atoms with Gasteiger partial charge in [-0.05, 0) is 56.8 Å². The summed E-state index contributed by atoms with van der Waals surface area (Å²) in [7, 11) is 1.67. The first kappa shape index (κ1) is 20.6. The lowest BCUT2D eigenvalue weighted by Gasteiger charge is -2.30. The third kappa shape index (κ3) is 5.24. The maximum absolute atomic E-state index is 5.88. The average Bonchev–Trinajstić information content (AvgIpc) is 3.13. The van der Waals surface area contributed by atoms with Crippen molar-refractivity contribution >= 4 is 16.9 Å². The van der Waals surface area contributed by atoms with Gasteiger partial charge in [0.2, 0.25) is 0 Å². The van der Waals surface area contributed by atoms with Gasteiger partial charge in [0.15, 0.2) is 11.5 Å². The Balaban J connectivity index is 1.57. The zero-order chi connectivity index (χ0) is 20.0. The highest BCUT2D eigenvalue weighted by molar-refractivity contribution is 8.06. The van der Waals surface area contributed by atoms with Crippen molar-refractivity contribution in [3.8, 4) is 11.5 Å². The van der Waals surface area contributed by atoms with Crippen LogP contribution < -0.4 is 14.8 Å². The van der Waals surface area contributed by atoms with Gasteiger partial charge in [0, 0.05) is 17.8 Å². The first-order valence-corrected chi connectivity index (χ1v) is 10.5. The Morgan fingerprint density at radius 1 is 1.00 bits per heavy atom. The Kier molecular flexibility index (Phi) is 6.92. The standard InChI is InChI=1S/C23H30N2O2S/c1-23(2,3)25-17-19(22(28-25)18-11-6-5-7-12-18)24-15-10-16-27-21-14-9-8-13-20(21)26-4/h5-9,11-14,24H,10,15-17H2,1-4H3. The molecule has 3 rings (SSSR count). The average molecular weight is 399 g/mol. The van der Waals surface area contributed by atoms with Crippen LogP contribution >= 0.6 is 11.9 Å². The maximum atomic E-state index is 5.88. The second-order valence-electron chi connectivity index (χ2n) is 7.75. The molecule has 0 bridgehead atoms. The Morgan fingerprint density at radius 2 is 1.68 bits per heavy atom. The molecule has 0 spiro atoms. The van der Waals surface area contributed by atoms with E-state index in [4.69, 9.17) is 9.47 Å². The van der Waals surface area contributed by atoms with E-state index in [1.165, 1.54) is 16.2 Å². The van der Waals surface area contributed by atoms with Crippen LogP contribution in [0.5, 0.6) is 11.5 Å². The van der Waals surface area contributed by atoms with Crippen molar-refractivity contribution in [1.82, 2.24) is 9.62 Å². The summed E-state index contributed by atoms with van der Waals surface area (Å²) >= 11 is 1.85. The molecule has 1 heterocycles. The molecule has 0 aliphatic carbocycles. The summed E-state index contributed by atoms with van der Waals surface area (Å²) in [6.45, 7) is 9.22. The summed E-state index contributed by atoms with van der Waals surface area (Å²) in [6, 6.07) is 18.4. The molecular weight excluding hydrogens is 368 g/mol. The van der Waals surface area contributed by atoms with Gasteiger partial charge in [-0.15, -0.1) is 0 Å². The number of benzene rings is 2. The van der Waals surface area contributed by atoms with E-state index in [0.717, 1.165) is 31.0 Å². The molecule has 28 heavy (non-hydrogen) atoms. The molecule has 1 aliphatic heterocycles. The van der Waals surface area contributed by atoms with Crippen molar-refractivity contribution in [3.63, 3.8) is 0 Å². The molecule has 4 nitrogen and oxygen atoms in total. The summed E-state index contributed by atoms with van der Waals surface area (Å²) in [5.74, 6) is 1.57. The van der Waals surface area contributed by atoms with Gasteiger partial charge >= 0.3 is 0 Å². The lowest BCUT2D eigenvalue weighted by molar-refractivity contribution is 0.283. The minimum absolute atomic E-state index is 0.112. The van der Waals surface area contributed by atoms with Gasteiger partial charge in [-0.3, -0.25) is 0 Å². The second kappa shape index (κ2) is 9.39. The fourth-order valence-electron chi connectivity index (χ4n) is 2.97. The highest BCUT2D eigenvalue weighted by atomic mass is 32.2. The van der Waals surface area contributed by atoms with Crippen molar-refractivity contribution in [2.45, 2.75) is 32.7 Å². The molecule has 0 fully saturated rings.